The first-order valence-corrected chi connectivity index (χ1v) is 10.4. The van der Waals surface area contributed by atoms with Crippen LogP contribution in [0.15, 0.2) is 83.1 Å². The maximum Gasteiger partial charge on any atom is 0.335 e. The van der Waals surface area contributed by atoms with Gasteiger partial charge in [0.2, 0.25) is 0 Å². The van der Waals surface area contributed by atoms with Gasteiger partial charge in [-0.05, 0) is 47.5 Å². The number of para-hydroxylation sites is 2. The molecule has 0 aliphatic rings. The van der Waals surface area contributed by atoms with Crippen LogP contribution in [0.5, 0.6) is 0 Å². The largest absolute Gasteiger partial charge is 0.478 e. The predicted molar refractivity (Wildman–Crippen MR) is 121 cm³/mol. The van der Waals surface area contributed by atoms with Gasteiger partial charge in [0.05, 0.1) is 22.8 Å². The SMILES string of the molecule is O=C(O)c1ccc(C=NNC(=O)c2ccc(CSc3nc4ccccc4[nH]3)cc2)cc1. The van der Waals surface area contributed by atoms with Crippen LogP contribution in [0.1, 0.15) is 31.8 Å². The minimum absolute atomic E-state index is 0.194. The van der Waals surface area contributed by atoms with Gasteiger partial charge in [-0.25, -0.2) is 15.2 Å². The number of hydrogen-bond donors (Lipinski definition) is 3. The molecule has 0 atom stereocenters. The third-order valence-corrected chi connectivity index (χ3v) is 5.44. The van der Waals surface area contributed by atoms with Crippen molar-refractivity contribution in [3.8, 4) is 0 Å². The molecule has 0 fully saturated rings. The Morgan fingerprint density at radius 1 is 1.00 bits per heavy atom. The number of nitrogens with one attached hydrogen (secondary N) is 2. The molecule has 4 rings (SSSR count). The van der Waals surface area contributed by atoms with Crippen LogP contribution in [-0.4, -0.2) is 33.2 Å². The quantitative estimate of drug-likeness (QED) is 0.230. The van der Waals surface area contributed by atoms with E-state index in [2.05, 4.69) is 20.5 Å². The van der Waals surface area contributed by atoms with Crippen LogP contribution in [-0.2, 0) is 5.75 Å². The number of thioether (sulfide) groups is 1. The van der Waals surface area contributed by atoms with E-state index in [0.717, 1.165) is 27.5 Å². The number of carboxylic acid groups (broad SMARTS) is 1. The molecule has 31 heavy (non-hydrogen) atoms. The number of fused-ring (bicyclic) bond motifs is 1. The molecule has 0 aliphatic heterocycles. The highest BCUT2D eigenvalue weighted by atomic mass is 32.2. The minimum Gasteiger partial charge on any atom is -0.478 e. The van der Waals surface area contributed by atoms with Gasteiger partial charge in [-0.1, -0.05) is 48.2 Å². The Balaban J connectivity index is 1.30. The molecule has 0 saturated carbocycles. The third kappa shape index (κ3) is 5.18. The number of hydrogen-bond acceptors (Lipinski definition) is 5. The second kappa shape index (κ2) is 9.27. The van der Waals surface area contributed by atoms with Gasteiger partial charge in [-0.2, -0.15) is 5.10 Å². The van der Waals surface area contributed by atoms with E-state index in [1.165, 1.54) is 18.3 Å². The number of nitrogens with zero attached hydrogens (tertiary/aromatic N) is 2. The van der Waals surface area contributed by atoms with Crippen molar-refractivity contribution in [1.29, 1.82) is 0 Å². The Labute approximate surface area is 182 Å². The van der Waals surface area contributed by atoms with Gasteiger partial charge >= 0.3 is 5.97 Å². The van der Waals surface area contributed by atoms with Crippen LogP contribution in [0.3, 0.4) is 0 Å². The molecular formula is C23H18N4O3S. The minimum atomic E-state index is -0.990. The highest BCUT2D eigenvalue weighted by molar-refractivity contribution is 7.98. The molecule has 1 aromatic heterocycles. The van der Waals surface area contributed by atoms with E-state index >= 15 is 0 Å². The highest BCUT2D eigenvalue weighted by Crippen LogP contribution is 2.23. The fourth-order valence-corrected chi connectivity index (χ4v) is 3.68. The first kappa shape index (κ1) is 20.4. The molecule has 0 aliphatic carbocycles. The number of imidazole rings is 1. The summed E-state index contributed by atoms with van der Waals surface area (Å²) in [5, 5.41) is 13.7. The molecule has 0 bridgehead atoms. The summed E-state index contributed by atoms with van der Waals surface area (Å²) >= 11 is 1.60. The summed E-state index contributed by atoms with van der Waals surface area (Å²) in [6, 6.07) is 21.4. The Kier molecular flexibility index (Phi) is 6.09. The van der Waals surface area contributed by atoms with E-state index in [-0.39, 0.29) is 11.5 Å². The molecule has 0 saturated heterocycles. The van der Waals surface area contributed by atoms with Gasteiger partial charge in [0.1, 0.15) is 0 Å². The van der Waals surface area contributed by atoms with Crippen molar-refractivity contribution in [2.24, 2.45) is 5.10 Å². The molecular weight excluding hydrogens is 412 g/mol. The second-order valence-electron chi connectivity index (χ2n) is 6.67. The zero-order chi connectivity index (χ0) is 21.6. The maximum absolute atomic E-state index is 12.2. The van der Waals surface area contributed by atoms with Crippen LogP contribution in [0.2, 0.25) is 0 Å². The van der Waals surface area contributed by atoms with Crippen LogP contribution >= 0.6 is 11.8 Å². The summed E-state index contributed by atoms with van der Waals surface area (Å²) in [7, 11) is 0. The fourth-order valence-electron chi connectivity index (χ4n) is 2.84. The number of benzene rings is 3. The lowest BCUT2D eigenvalue weighted by atomic mass is 10.1. The van der Waals surface area contributed by atoms with Gasteiger partial charge in [0, 0.05) is 11.3 Å². The summed E-state index contributed by atoms with van der Waals surface area (Å²) in [5.74, 6) is -0.585. The molecule has 3 N–H and O–H groups in total. The molecule has 0 unspecified atom stereocenters. The Bertz CT molecular complexity index is 1220. The summed E-state index contributed by atoms with van der Waals surface area (Å²) < 4.78 is 0. The van der Waals surface area contributed by atoms with Crippen molar-refractivity contribution in [2.75, 3.05) is 0 Å². The Morgan fingerprint density at radius 3 is 2.42 bits per heavy atom. The fraction of sp³-hybridized carbons (Fsp3) is 0.0435. The van der Waals surface area contributed by atoms with E-state index in [0.29, 0.717) is 11.1 Å². The number of hydrazone groups is 1. The van der Waals surface area contributed by atoms with Crippen molar-refractivity contribution in [1.82, 2.24) is 15.4 Å². The normalized spacial score (nSPS) is 11.1. The number of H-pyrrole nitrogens is 1. The average molecular weight is 430 g/mol. The summed E-state index contributed by atoms with van der Waals surface area (Å²) in [5.41, 5.74) is 6.87. The smallest absolute Gasteiger partial charge is 0.335 e. The van der Waals surface area contributed by atoms with Gasteiger partial charge in [0.15, 0.2) is 5.16 Å². The van der Waals surface area contributed by atoms with E-state index in [9.17, 15) is 9.59 Å². The zero-order valence-electron chi connectivity index (χ0n) is 16.3. The Morgan fingerprint density at radius 2 is 1.71 bits per heavy atom. The third-order valence-electron chi connectivity index (χ3n) is 4.50. The molecule has 0 radical (unpaired) electrons. The number of carbonyl (C=O) groups excluding carboxylic acids is 1. The van der Waals surface area contributed by atoms with Gasteiger partial charge in [-0.3, -0.25) is 4.79 Å². The first-order valence-electron chi connectivity index (χ1n) is 9.42. The van der Waals surface area contributed by atoms with Crippen molar-refractivity contribution in [3.05, 3.63) is 95.1 Å². The standard InChI is InChI=1S/C23H18N4O3S/c28-21(27-24-13-15-5-11-18(12-6-15)22(29)30)17-9-7-16(8-10-17)14-31-23-25-19-3-1-2-4-20(19)26-23/h1-13H,14H2,(H,25,26)(H,27,28)(H,29,30). The van der Waals surface area contributed by atoms with Crippen LogP contribution in [0.4, 0.5) is 0 Å². The van der Waals surface area contributed by atoms with Crippen LogP contribution in [0, 0.1) is 0 Å². The van der Waals surface area contributed by atoms with Crippen molar-refractivity contribution < 1.29 is 14.7 Å². The highest BCUT2D eigenvalue weighted by Gasteiger charge is 2.06. The summed E-state index contributed by atoms with van der Waals surface area (Å²) in [6.45, 7) is 0. The molecule has 154 valence electrons. The predicted octanol–water partition coefficient (Wildman–Crippen LogP) is 4.32. The number of rotatable bonds is 7. The monoisotopic (exact) mass is 430 g/mol. The number of aromatic amines is 1. The lowest BCUT2D eigenvalue weighted by Crippen LogP contribution is -2.17. The number of carbonyl (C=O) groups is 2. The lowest BCUT2D eigenvalue weighted by Gasteiger charge is -2.03. The summed E-state index contributed by atoms with van der Waals surface area (Å²) in [4.78, 5) is 30.9. The van der Waals surface area contributed by atoms with Gasteiger partial charge < -0.3 is 10.1 Å². The number of amides is 1. The first-order chi connectivity index (χ1) is 15.1. The lowest BCUT2D eigenvalue weighted by molar-refractivity contribution is 0.0696. The number of aromatic nitrogens is 2. The summed E-state index contributed by atoms with van der Waals surface area (Å²) in [6.07, 6.45) is 1.46. The van der Waals surface area contributed by atoms with E-state index < -0.39 is 5.97 Å². The van der Waals surface area contributed by atoms with Crippen molar-refractivity contribution in [3.63, 3.8) is 0 Å². The second-order valence-corrected chi connectivity index (χ2v) is 7.64. The topological polar surface area (TPSA) is 107 Å². The van der Waals surface area contributed by atoms with E-state index in [4.69, 9.17) is 5.11 Å². The van der Waals surface area contributed by atoms with Crippen LogP contribution in [0.25, 0.3) is 11.0 Å². The molecule has 8 heteroatoms. The maximum atomic E-state index is 12.2. The molecule has 3 aromatic carbocycles. The van der Waals surface area contributed by atoms with E-state index in [1.54, 1.807) is 36.0 Å². The van der Waals surface area contributed by atoms with Gasteiger partial charge in [-0.15, -0.1) is 0 Å². The van der Waals surface area contributed by atoms with Crippen LogP contribution < -0.4 is 5.43 Å². The van der Waals surface area contributed by atoms with E-state index in [1.807, 2.05) is 36.4 Å². The average Bonchev–Trinajstić information content (AvgIpc) is 3.21. The zero-order valence-corrected chi connectivity index (χ0v) is 17.1. The molecule has 1 amide bonds. The number of carboxylic acids is 1. The molecule has 4 aromatic rings. The molecule has 0 spiro atoms. The molecule has 1 heterocycles. The number of aromatic carboxylic acids is 1. The van der Waals surface area contributed by atoms with Crippen molar-refractivity contribution >= 4 is 40.9 Å². The molecule has 7 nitrogen and oxygen atoms in total. The van der Waals surface area contributed by atoms with Crippen molar-refractivity contribution in [2.45, 2.75) is 10.9 Å². The van der Waals surface area contributed by atoms with Gasteiger partial charge in [0.25, 0.3) is 5.91 Å². The Hall–Kier alpha value is -3.91.